The summed E-state index contributed by atoms with van der Waals surface area (Å²) < 4.78 is 4.11. The summed E-state index contributed by atoms with van der Waals surface area (Å²) >= 11 is 0. The summed E-state index contributed by atoms with van der Waals surface area (Å²) in [5.41, 5.74) is 0. The lowest BCUT2D eigenvalue weighted by molar-refractivity contribution is -0.137. The molecule has 0 N–H and O–H groups in total. The van der Waals surface area contributed by atoms with Crippen molar-refractivity contribution >= 4 is 11.8 Å². The predicted octanol–water partition coefficient (Wildman–Crippen LogP) is 3.12. The molecule has 3 nitrogen and oxygen atoms in total. The summed E-state index contributed by atoms with van der Waals surface area (Å²) in [6.07, 6.45) is 6.02. The Labute approximate surface area is 93.2 Å². The Morgan fingerprint density at radius 3 is 1.53 bits per heavy atom. The van der Waals surface area contributed by atoms with Crippen molar-refractivity contribution in [3.8, 4) is 0 Å². The second-order valence-corrected chi connectivity index (χ2v) is 3.44. The zero-order valence-electron chi connectivity index (χ0n) is 10.5. The van der Waals surface area contributed by atoms with E-state index in [-0.39, 0.29) is 5.97 Å². The fourth-order valence-corrected chi connectivity index (χ4v) is 0.873. The smallest absolute Gasteiger partial charge is 0.302 e. The van der Waals surface area contributed by atoms with E-state index in [4.69, 9.17) is 0 Å². The average molecular weight is 216 g/mol. The molecule has 0 saturated carbocycles. The molecule has 0 atom stereocenters. The maximum atomic E-state index is 11.0. The van der Waals surface area contributed by atoms with Crippen molar-refractivity contribution < 1.29 is 14.3 Å². The Balaban J connectivity index is 0. The van der Waals surface area contributed by atoms with E-state index in [9.17, 15) is 9.59 Å². The number of esters is 1. The highest BCUT2D eigenvalue weighted by Crippen LogP contribution is 2.02. The monoisotopic (exact) mass is 216 g/mol. The highest BCUT2D eigenvalue weighted by molar-refractivity contribution is 5.78. The van der Waals surface area contributed by atoms with E-state index in [1.165, 1.54) is 14.0 Å². The Kier molecular flexibility index (Phi) is 14.5. The second-order valence-electron chi connectivity index (χ2n) is 3.44. The third-order valence-electron chi connectivity index (χ3n) is 1.91. The summed E-state index contributed by atoms with van der Waals surface area (Å²) in [4.78, 5) is 20.6. The molecule has 0 fully saturated rings. The minimum absolute atomic E-state index is 0.245. The van der Waals surface area contributed by atoms with E-state index in [0.717, 1.165) is 38.5 Å². The number of unbranched alkanes of at least 4 members (excludes halogenated alkanes) is 2. The highest BCUT2D eigenvalue weighted by Gasteiger charge is 1.98. The third kappa shape index (κ3) is 19.5. The normalized spacial score (nSPS) is 8.80. The van der Waals surface area contributed by atoms with Gasteiger partial charge in [-0.05, 0) is 12.8 Å². The minimum Gasteiger partial charge on any atom is -0.469 e. The number of carbonyl (C=O) groups excluding carboxylic acids is 2. The molecule has 0 aliphatic carbocycles. The number of hydrogen-bond donors (Lipinski definition) is 0. The quantitative estimate of drug-likeness (QED) is 0.641. The summed E-state index contributed by atoms with van der Waals surface area (Å²) in [5.74, 6) is 0.203. The van der Waals surface area contributed by atoms with E-state index >= 15 is 0 Å². The van der Waals surface area contributed by atoms with Crippen molar-refractivity contribution in [2.75, 3.05) is 7.11 Å². The first-order valence-corrected chi connectivity index (χ1v) is 5.64. The molecule has 0 rings (SSSR count). The van der Waals surface area contributed by atoms with Crippen molar-refractivity contribution in [2.45, 2.75) is 59.3 Å². The SMILES string of the molecule is CCCCC(=O)CCCC.COC(C)=O. The summed E-state index contributed by atoms with van der Waals surface area (Å²) in [7, 11) is 1.35. The molecule has 0 aromatic rings. The Morgan fingerprint density at radius 1 is 1.00 bits per heavy atom. The van der Waals surface area contributed by atoms with Crippen LogP contribution in [0, 0.1) is 0 Å². The number of methoxy groups -OCH3 is 1. The molecule has 0 aliphatic rings. The van der Waals surface area contributed by atoms with Gasteiger partial charge in [-0.25, -0.2) is 0 Å². The van der Waals surface area contributed by atoms with Crippen LogP contribution < -0.4 is 0 Å². The van der Waals surface area contributed by atoms with Gasteiger partial charge in [0.05, 0.1) is 7.11 Å². The van der Waals surface area contributed by atoms with Crippen LogP contribution >= 0.6 is 0 Å². The van der Waals surface area contributed by atoms with Crippen LogP contribution in [0.1, 0.15) is 59.3 Å². The number of hydrogen-bond acceptors (Lipinski definition) is 3. The molecule has 0 heterocycles. The van der Waals surface area contributed by atoms with E-state index < -0.39 is 0 Å². The van der Waals surface area contributed by atoms with Crippen molar-refractivity contribution in [3.05, 3.63) is 0 Å². The van der Waals surface area contributed by atoms with Crippen LogP contribution in [0.15, 0.2) is 0 Å². The van der Waals surface area contributed by atoms with Crippen molar-refractivity contribution in [2.24, 2.45) is 0 Å². The van der Waals surface area contributed by atoms with E-state index in [0.29, 0.717) is 5.78 Å². The molecule has 0 spiro atoms. The molecular formula is C12H24O3. The highest BCUT2D eigenvalue weighted by atomic mass is 16.5. The lowest BCUT2D eigenvalue weighted by Gasteiger charge is -1.96. The van der Waals surface area contributed by atoms with Crippen LogP contribution in [0.25, 0.3) is 0 Å². The van der Waals surface area contributed by atoms with Gasteiger partial charge in [-0.2, -0.15) is 0 Å². The summed E-state index contributed by atoms with van der Waals surface area (Å²) in [6, 6.07) is 0. The van der Waals surface area contributed by atoms with Crippen LogP contribution in [0.4, 0.5) is 0 Å². The van der Waals surface area contributed by atoms with E-state index in [1.54, 1.807) is 0 Å². The Hall–Kier alpha value is -0.860. The number of rotatable bonds is 6. The first-order valence-electron chi connectivity index (χ1n) is 5.64. The van der Waals surface area contributed by atoms with E-state index in [1.807, 2.05) is 0 Å². The van der Waals surface area contributed by atoms with Gasteiger partial charge in [0, 0.05) is 19.8 Å². The van der Waals surface area contributed by atoms with Gasteiger partial charge in [0.2, 0.25) is 0 Å². The number of ketones is 1. The Bertz CT molecular complexity index is 154. The lowest BCUT2D eigenvalue weighted by Crippen LogP contribution is -1.96. The van der Waals surface area contributed by atoms with Crippen LogP contribution in [-0.2, 0) is 14.3 Å². The fraction of sp³-hybridized carbons (Fsp3) is 0.833. The molecule has 3 heteroatoms. The molecule has 0 bridgehead atoms. The summed E-state index contributed by atoms with van der Waals surface area (Å²) in [6.45, 7) is 5.60. The molecule has 0 aliphatic heterocycles. The zero-order valence-corrected chi connectivity index (χ0v) is 10.5. The van der Waals surface area contributed by atoms with Gasteiger partial charge >= 0.3 is 5.97 Å². The van der Waals surface area contributed by atoms with Gasteiger partial charge in [-0.3, -0.25) is 9.59 Å². The maximum absolute atomic E-state index is 11.0. The first kappa shape index (κ1) is 16.6. The van der Waals surface area contributed by atoms with Crippen molar-refractivity contribution in [1.82, 2.24) is 0 Å². The Morgan fingerprint density at radius 2 is 1.33 bits per heavy atom. The third-order valence-corrected chi connectivity index (χ3v) is 1.91. The van der Waals surface area contributed by atoms with Gasteiger partial charge in [-0.1, -0.05) is 26.7 Å². The molecule has 0 unspecified atom stereocenters. The maximum Gasteiger partial charge on any atom is 0.302 e. The van der Waals surface area contributed by atoms with Gasteiger partial charge in [-0.15, -0.1) is 0 Å². The standard InChI is InChI=1S/C9H18O.C3H6O2/c1-3-5-7-9(10)8-6-4-2;1-3(4)5-2/h3-8H2,1-2H3;1-2H3. The topological polar surface area (TPSA) is 43.4 Å². The van der Waals surface area contributed by atoms with Gasteiger partial charge in [0.25, 0.3) is 0 Å². The number of carbonyl (C=O) groups is 2. The molecular weight excluding hydrogens is 192 g/mol. The predicted molar refractivity (Wildman–Crippen MR) is 61.7 cm³/mol. The number of ether oxygens (including phenoxy) is 1. The lowest BCUT2D eigenvalue weighted by atomic mass is 10.1. The molecule has 0 radical (unpaired) electrons. The van der Waals surface area contributed by atoms with Crippen LogP contribution in [0.3, 0.4) is 0 Å². The fourth-order valence-electron chi connectivity index (χ4n) is 0.873. The molecule has 0 aromatic heterocycles. The average Bonchev–Trinajstić information content (AvgIpc) is 2.24. The van der Waals surface area contributed by atoms with Crippen LogP contribution in [0.2, 0.25) is 0 Å². The van der Waals surface area contributed by atoms with Gasteiger partial charge in [0.1, 0.15) is 5.78 Å². The largest absolute Gasteiger partial charge is 0.469 e. The molecule has 0 aromatic carbocycles. The van der Waals surface area contributed by atoms with Gasteiger partial charge < -0.3 is 4.74 Å². The number of Topliss-reactive ketones (excluding diaryl/α,β-unsaturated/α-hetero) is 1. The zero-order chi connectivity index (χ0) is 12.1. The van der Waals surface area contributed by atoms with Crippen molar-refractivity contribution in [3.63, 3.8) is 0 Å². The van der Waals surface area contributed by atoms with Crippen LogP contribution in [0.5, 0.6) is 0 Å². The first-order chi connectivity index (χ1) is 7.08. The van der Waals surface area contributed by atoms with E-state index in [2.05, 4.69) is 18.6 Å². The second kappa shape index (κ2) is 13.1. The van der Waals surface area contributed by atoms with Crippen molar-refractivity contribution in [1.29, 1.82) is 0 Å². The minimum atomic E-state index is -0.245. The molecule has 0 amide bonds. The molecule has 0 saturated heterocycles. The van der Waals surface area contributed by atoms with Crippen LogP contribution in [-0.4, -0.2) is 18.9 Å². The summed E-state index contributed by atoms with van der Waals surface area (Å²) in [5, 5.41) is 0. The molecule has 15 heavy (non-hydrogen) atoms. The van der Waals surface area contributed by atoms with Gasteiger partial charge in [0.15, 0.2) is 0 Å². The molecule has 90 valence electrons.